The van der Waals surface area contributed by atoms with Crippen molar-refractivity contribution in [3.8, 4) is 0 Å². The van der Waals surface area contributed by atoms with Crippen molar-refractivity contribution in [1.29, 1.82) is 0 Å². The van der Waals surface area contributed by atoms with Gasteiger partial charge in [0.2, 0.25) is 0 Å². The molecule has 0 aromatic carbocycles. The Morgan fingerprint density at radius 1 is 1.00 bits per heavy atom. The molecular formula is C18H31F3N2O. The summed E-state index contributed by atoms with van der Waals surface area (Å²) in [6, 6.07) is 0.00915. The van der Waals surface area contributed by atoms with Crippen LogP contribution in [0.4, 0.5) is 13.2 Å². The van der Waals surface area contributed by atoms with E-state index in [9.17, 15) is 13.2 Å². The predicted octanol–water partition coefficient (Wildman–Crippen LogP) is 3.73. The zero-order valence-corrected chi connectivity index (χ0v) is 14.5. The topological polar surface area (TPSA) is 24.5 Å². The van der Waals surface area contributed by atoms with Crippen LogP contribution in [-0.4, -0.2) is 55.5 Å². The summed E-state index contributed by atoms with van der Waals surface area (Å²) < 4.78 is 44.6. The molecule has 3 aliphatic rings. The van der Waals surface area contributed by atoms with Crippen molar-refractivity contribution < 1.29 is 17.9 Å². The number of nitrogens with one attached hydrogen (secondary N) is 1. The van der Waals surface area contributed by atoms with Gasteiger partial charge in [0.1, 0.15) is 0 Å². The molecule has 3 nitrogen and oxygen atoms in total. The highest BCUT2D eigenvalue weighted by molar-refractivity contribution is 4.97. The van der Waals surface area contributed by atoms with Crippen LogP contribution in [0.2, 0.25) is 0 Å². The molecule has 0 unspecified atom stereocenters. The normalized spacial score (nSPS) is 32.6. The molecule has 2 aliphatic heterocycles. The van der Waals surface area contributed by atoms with E-state index in [0.717, 1.165) is 52.1 Å². The Labute approximate surface area is 143 Å². The highest BCUT2D eigenvalue weighted by atomic mass is 19.4. The molecule has 1 aliphatic carbocycles. The molecule has 3 fully saturated rings. The van der Waals surface area contributed by atoms with E-state index in [4.69, 9.17) is 4.74 Å². The van der Waals surface area contributed by atoms with E-state index in [2.05, 4.69) is 10.2 Å². The van der Waals surface area contributed by atoms with Crippen molar-refractivity contribution in [2.24, 2.45) is 5.92 Å². The zero-order chi connectivity index (χ0) is 17.0. The van der Waals surface area contributed by atoms with Crippen LogP contribution in [-0.2, 0) is 4.74 Å². The van der Waals surface area contributed by atoms with Crippen molar-refractivity contribution in [3.63, 3.8) is 0 Å². The molecule has 24 heavy (non-hydrogen) atoms. The zero-order valence-electron chi connectivity index (χ0n) is 14.5. The fourth-order valence-electron chi connectivity index (χ4n) is 4.73. The van der Waals surface area contributed by atoms with Gasteiger partial charge >= 0.3 is 6.18 Å². The van der Waals surface area contributed by atoms with Crippen LogP contribution >= 0.6 is 0 Å². The quantitative estimate of drug-likeness (QED) is 0.838. The molecule has 2 atom stereocenters. The van der Waals surface area contributed by atoms with E-state index in [1.54, 1.807) is 0 Å². The summed E-state index contributed by atoms with van der Waals surface area (Å²) in [5.74, 6) is -1.12. The molecule has 0 bridgehead atoms. The van der Waals surface area contributed by atoms with Crippen molar-refractivity contribution in [2.75, 3.05) is 32.8 Å². The second-order valence-electron chi connectivity index (χ2n) is 7.87. The largest absolute Gasteiger partial charge is 0.391 e. The first-order valence-electron chi connectivity index (χ1n) is 9.62. The Morgan fingerprint density at radius 3 is 2.38 bits per heavy atom. The molecule has 0 aromatic rings. The van der Waals surface area contributed by atoms with Gasteiger partial charge in [-0.25, -0.2) is 0 Å². The van der Waals surface area contributed by atoms with Crippen LogP contribution in [0, 0.1) is 5.92 Å². The van der Waals surface area contributed by atoms with Crippen molar-refractivity contribution in [1.82, 2.24) is 10.2 Å². The Bertz CT molecular complexity index is 390. The molecule has 0 spiro atoms. The fraction of sp³-hybridized carbons (Fsp3) is 1.00. The first-order valence-corrected chi connectivity index (χ1v) is 9.62. The van der Waals surface area contributed by atoms with E-state index in [1.807, 2.05) is 0 Å². The summed E-state index contributed by atoms with van der Waals surface area (Å²) in [7, 11) is 0. The molecule has 2 heterocycles. The van der Waals surface area contributed by atoms with Gasteiger partial charge in [-0.1, -0.05) is 12.8 Å². The number of piperidine rings is 1. The number of rotatable bonds is 4. The van der Waals surface area contributed by atoms with Crippen LogP contribution in [0.1, 0.15) is 57.8 Å². The number of hydrogen-bond acceptors (Lipinski definition) is 3. The second-order valence-corrected chi connectivity index (χ2v) is 7.87. The highest BCUT2D eigenvalue weighted by Crippen LogP contribution is 2.38. The maximum absolute atomic E-state index is 13.0. The summed E-state index contributed by atoms with van der Waals surface area (Å²) in [5, 5.41) is 3.53. The lowest BCUT2D eigenvalue weighted by molar-refractivity contribution is -0.183. The molecule has 140 valence electrons. The van der Waals surface area contributed by atoms with Crippen molar-refractivity contribution in [2.45, 2.75) is 75.5 Å². The Kier molecular flexibility index (Phi) is 6.09. The Hall–Kier alpha value is -0.330. The van der Waals surface area contributed by atoms with Gasteiger partial charge < -0.3 is 10.1 Å². The lowest BCUT2D eigenvalue weighted by atomic mass is 9.83. The standard InChI is InChI=1S/C18H31F3N2O/c19-18(20,21)15-5-4-6-16(13-15)22-14-17(7-11-24-12-8-17)23-9-2-1-3-10-23/h15-16,22H,1-14H2/t15-,16-/m0/s1. The molecule has 1 saturated carbocycles. The number of hydrogen-bond donors (Lipinski definition) is 1. The SMILES string of the molecule is FC(F)(F)[C@H]1CCC[C@H](NCC2(N3CCCCC3)CCOCC2)C1. The van der Waals surface area contributed by atoms with Gasteiger partial charge in [-0.05, 0) is 58.0 Å². The number of nitrogens with zero attached hydrogens (tertiary/aromatic N) is 1. The van der Waals surface area contributed by atoms with Crippen LogP contribution in [0.25, 0.3) is 0 Å². The smallest absolute Gasteiger partial charge is 0.381 e. The molecule has 2 saturated heterocycles. The first-order chi connectivity index (χ1) is 11.5. The van der Waals surface area contributed by atoms with E-state index in [-0.39, 0.29) is 18.0 Å². The van der Waals surface area contributed by atoms with Crippen molar-refractivity contribution in [3.05, 3.63) is 0 Å². The summed E-state index contributed by atoms with van der Waals surface area (Å²) >= 11 is 0. The summed E-state index contributed by atoms with van der Waals surface area (Å²) in [5.41, 5.74) is 0.0871. The minimum atomic E-state index is -4.04. The van der Waals surface area contributed by atoms with Crippen LogP contribution in [0.5, 0.6) is 0 Å². The molecule has 1 N–H and O–H groups in total. The van der Waals surface area contributed by atoms with E-state index in [0.29, 0.717) is 12.8 Å². The van der Waals surface area contributed by atoms with Gasteiger partial charge in [0, 0.05) is 31.3 Å². The third-order valence-electron chi connectivity index (χ3n) is 6.31. The Balaban J connectivity index is 1.59. The predicted molar refractivity (Wildman–Crippen MR) is 88.0 cm³/mol. The number of alkyl halides is 3. The third kappa shape index (κ3) is 4.44. The summed E-state index contributed by atoms with van der Waals surface area (Å²) in [6.07, 6.45) is 3.83. The maximum Gasteiger partial charge on any atom is 0.391 e. The van der Waals surface area contributed by atoms with Gasteiger partial charge in [-0.3, -0.25) is 4.90 Å². The monoisotopic (exact) mass is 348 g/mol. The molecular weight excluding hydrogens is 317 g/mol. The van der Waals surface area contributed by atoms with Crippen molar-refractivity contribution >= 4 is 0 Å². The van der Waals surface area contributed by atoms with Gasteiger partial charge in [-0.15, -0.1) is 0 Å². The van der Waals surface area contributed by atoms with Gasteiger partial charge in [0.05, 0.1) is 5.92 Å². The Morgan fingerprint density at radius 2 is 1.71 bits per heavy atom. The fourth-order valence-corrected chi connectivity index (χ4v) is 4.73. The van der Waals surface area contributed by atoms with E-state index >= 15 is 0 Å². The van der Waals surface area contributed by atoms with Crippen LogP contribution < -0.4 is 5.32 Å². The molecule has 0 amide bonds. The third-order valence-corrected chi connectivity index (χ3v) is 6.31. The average Bonchev–Trinajstić information content (AvgIpc) is 2.61. The van der Waals surface area contributed by atoms with E-state index in [1.165, 1.54) is 19.3 Å². The second kappa shape index (κ2) is 7.92. The number of halogens is 3. The van der Waals surface area contributed by atoms with Crippen LogP contribution in [0.15, 0.2) is 0 Å². The summed E-state index contributed by atoms with van der Waals surface area (Å²) in [4.78, 5) is 2.59. The molecule has 3 rings (SSSR count). The first kappa shape index (κ1) is 18.5. The number of likely N-dealkylation sites (tertiary alicyclic amines) is 1. The maximum atomic E-state index is 13.0. The number of ether oxygens (including phenoxy) is 1. The molecule has 0 aromatic heterocycles. The lowest BCUT2D eigenvalue weighted by Crippen LogP contribution is -2.60. The molecule has 0 radical (unpaired) electrons. The average molecular weight is 348 g/mol. The van der Waals surface area contributed by atoms with E-state index < -0.39 is 12.1 Å². The molecule has 6 heteroatoms. The van der Waals surface area contributed by atoms with Crippen LogP contribution in [0.3, 0.4) is 0 Å². The van der Waals surface area contributed by atoms with Gasteiger partial charge in [-0.2, -0.15) is 13.2 Å². The summed E-state index contributed by atoms with van der Waals surface area (Å²) in [6.45, 7) is 4.60. The minimum absolute atomic E-state index is 0.00915. The minimum Gasteiger partial charge on any atom is -0.381 e. The highest BCUT2D eigenvalue weighted by Gasteiger charge is 2.43. The van der Waals surface area contributed by atoms with Gasteiger partial charge in [0.25, 0.3) is 0 Å². The lowest BCUT2D eigenvalue weighted by Gasteiger charge is -2.49. The van der Waals surface area contributed by atoms with Gasteiger partial charge in [0.15, 0.2) is 0 Å².